The molecular weight excluding hydrogens is 466 g/mol. The van der Waals surface area contributed by atoms with E-state index in [1.165, 1.54) is 0 Å². The van der Waals surface area contributed by atoms with Gasteiger partial charge in [0.1, 0.15) is 5.82 Å². The number of amides is 1. The first-order valence-electron chi connectivity index (χ1n) is 11.9. The molecule has 4 heterocycles. The Balaban J connectivity index is 1.49. The number of sulfonamides is 1. The van der Waals surface area contributed by atoms with Crippen molar-refractivity contribution in [3.8, 4) is 0 Å². The van der Waals surface area contributed by atoms with E-state index >= 15 is 0 Å². The third-order valence-electron chi connectivity index (χ3n) is 6.64. The summed E-state index contributed by atoms with van der Waals surface area (Å²) in [6.07, 6.45) is 5.69. The second-order valence-corrected chi connectivity index (χ2v) is 11.5. The smallest absolute Gasteiger partial charge is 0.256 e. The van der Waals surface area contributed by atoms with Crippen LogP contribution in [0, 0.1) is 13.8 Å². The zero-order valence-corrected chi connectivity index (χ0v) is 21.0. The quantitative estimate of drug-likeness (QED) is 0.554. The highest BCUT2D eigenvalue weighted by Gasteiger charge is 2.32. The first-order valence-corrected chi connectivity index (χ1v) is 13.7. The molecule has 3 aromatic rings. The maximum Gasteiger partial charge on any atom is 0.256 e. The average Bonchev–Trinajstić information content (AvgIpc) is 3.19. The van der Waals surface area contributed by atoms with Gasteiger partial charge in [-0.1, -0.05) is 11.6 Å². The number of carbonyl (C=O) groups excluding carboxylic acids is 1. The Labute approximate surface area is 205 Å². The number of hydrogen-bond acceptors (Lipinski definition) is 7. The van der Waals surface area contributed by atoms with Gasteiger partial charge in [-0.2, -0.15) is 5.10 Å². The summed E-state index contributed by atoms with van der Waals surface area (Å²) < 4.78 is 28.1. The van der Waals surface area contributed by atoms with Crippen LogP contribution in [-0.4, -0.2) is 65.8 Å². The van der Waals surface area contributed by atoms with E-state index in [4.69, 9.17) is 15.8 Å². The molecule has 2 saturated heterocycles. The molecule has 0 bridgehead atoms. The van der Waals surface area contributed by atoms with Gasteiger partial charge in [-0.3, -0.25) is 9.52 Å². The number of fused-ring (bicyclic) bond motifs is 1. The molecule has 3 N–H and O–H groups in total. The van der Waals surface area contributed by atoms with E-state index < -0.39 is 10.0 Å². The molecule has 2 fully saturated rings. The van der Waals surface area contributed by atoms with E-state index in [-0.39, 0.29) is 23.7 Å². The van der Waals surface area contributed by atoms with Crippen molar-refractivity contribution in [2.45, 2.75) is 45.2 Å². The predicted octanol–water partition coefficient (Wildman–Crippen LogP) is 2.23. The van der Waals surface area contributed by atoms with Gasteiger partial charge in [0.2, 0.25) is 10.0 Å². The minimum Gasteiger partial charge on any atom is -0.353 e. The molecule has 0 unspecified atom stereocenters. The Morgan fingerprint density at radius 3 is 2.66 bits per heavy atom. The van der Waals surface area contributed by atoms with Crippen LogP contribution < -0.4 is 15.4 Å². The third-order valence-corrected chi connectivity index (χ3v) is 7.23. The number of hydrogen-bond donors (Lipinski definition) is 2. The lowest BCUT2D eigenvalue weighted by Gasteiger charge is -2.38. The van der Waals surface area contributed by atoms with Gasteiger partial charge in [0.15, 0.2) is 5.65 Å². The Morgan fingerprint density at radius 1 is 1.17 bits per heavy atom. The van der Waals surface area contributed by atoms with E-state index in [9.17, 15) is 13.2 Å². The van der Waals surface area contributed by atoms with Gasteiger partial charge in [-0.05, 0) is 45.2 Å². The maximum absolute atomic E-state index is 13.8. The lowest BCUT2D eigenvalue weighted by Crippen LogP contribution is -2.56. The third kappa shape index (κ3) is 4.70. The molecule has 11 heteroatoms. The van der Waals surface area contributed by atoms with E-state index in [2.05, 4.69) is 9.62 Å². The van der Waals surface area contributed by atoms with E-state index in [0.29, 0.717) is 12.1 Å². The molecule has 0 radical (unpaired) electrons. The molecule has 186 valence electrons. The van der Waals surface area contributed by atoms with Gasteiger partial charge >= 0.3 is 0 Å². The molecule has 2 aromatic heterocycles. The Morgan fingerprint density at radius 2 is 1.94 bits per heavy atom. The van der Waals surface area contributed by atoms with Crippen molar-refractivity contribution in [2.75, 3.05) is 35.5 Å². The summed E-state index contributed by atoms with van der Waals surface area (Å²) in [6.45, 7) is 6.05. The lowest BCUT2D eigenvalue weighted by molar-refractivity contribution is 0.0606. The minimum absolute atomic E-state index is 0.179. The van der Waals surface area contributed by atoms with Gasteiger partial charge in [0, 0.05) is 43.5 Å². The topological polar surface area (TPSA) is 126 Å². The second kappa shape index (κ2) is 8.80. The van der Waals surface area contributed by atoms with Crippen molar-refractivity contribution in [3.05, 3.63) is 52.8 Å². The van der Waals surface area contributed by atoms with Gasteiger partial charge in [0.25, 0.3) is 5.91 Å². The summed E-state index contributed by atoms with van der Waals surface area (Å²) in [6, 6.07) is 7.08. The van der Waals surface area contributed by atoms with Crippen molar-refractivity contribution >= 4 is 33.1 Å². The number of nitrogens with two attached hydrogens (primary N) is 1. The number of aryl methyl sites for hydroxylation is 2. The molecule has 35 heavy (non-hydrogen) atoms. The molecule has 1 atom stereocenters. The number of likely N-dealkylation sites (tertiary alicyclic amines) is 1. The summed E-state index contributed by atoms with van der Waals surface area (Å²) >= 11 is 0. The van der Waals surface area contributed by atoms with Gasteiger partial charge in [0.05, 0.1) is 29.2 Å². The predicted molar refractivity (Wildman–Crippen MR) is 135 cm³/mol. The van der Waals surface area contributed by atoms with Crippen LogP contribution in [0.3, 0.4) is 0 Å². The van der Waals surface area contributed by atoms with Crippen LogP contribution in [0.15, 0.2) is 30.5 Å². The summed E-state index contributed by atoms with van der Waals surface area (Å²) in [5.41, 5.74) is 10.0. The van der Waals surface area contributed by atoms with Crippen LogP contribution in [0.25, 0.3) is 5.65 Å². The highest BCUT2D eigenvalue weighted by Crippen LogP contribution is 2.34. The molecule has 10 nitrogen and oxygen atoms in total. The van der Waals surface area contributed by atoms with Crippen molar-refractivity contribution in [2.24, 2.45) is 5.73 Å². The van der Waals surface area contributed by atoms with Crippen molar-refractivity contribution in [1.29, 1.82) is 0 Å². The SMILES string of the molecule is Cc1ccc(NS(C)(=O)=O)c(C(=O)N2CCCC[C@H]2c2cc3nc(N4CC(N)C4)c(C)cn3n2)c1. The monoisotopic (exact) mass is 497 g/mol. The molecule has 0 saturated carbocycles. The van der Waals surface area contributed by atoms with E-state index in [1.807, 2.05) is 31.0 Å². The Bertz CT molecular complexity index is 1400. The Hall–Kier alpha value is -3.18. The van der Waals surface area contributed by atoms with Gasteiger partial charge in [-0.15, -0.1) is 0 Å². The zero-order chi connectivity index (χ0) is 24.9. The molecule has 5 rings (SSSR count). The van der Waals surface area contributed by atoms with Crippen LogP contribution in [0.1, 0.15) is 52.5 Å². The van der Waals surface area contributed by atoms with Gasteiger partial charge in [-0.25, -0.2) is 17.9 Å². The number of anilines is 2. The van der Waals surface area contributed by atoms with E-state index in [1.54, 1.807) is 22.7 Å². The number of rotatable bonds is 5. The molecule has 1 amide bonds. The largest absolute Gasteiger partial charge is 0.353 e. The second-order valence-electron chi connectivity index (χ2n) is 9.72. The molecule has 0 aliphatic carbocycles. The molecule has 1 aromatic carbocycles. The summed E-state index contributed by atoms with van der Waals surface area (Å²) in [5, 5.41) is 4.79. The lowest BCUT2D eigenvalue weighted by atomic mass is 9.97. The van der Waals surface area contributed by atoms with Crippen molar-refractivity contribution in [3.63, 3.8) is 0 Å². The molecule has 0 spiro atoms. The minimum atomic E-state index is -3.53. The summed E-state index contributed by atoms with van der Waals surface area (Å²) in [5.74, 6) is 0.708. The summed E-state index contributed by atoms with van der Waals surface area (Å²) in [4.78, 5) is 22.6. The van der Waals surface area contributed by atoms with Crippen LogP contribution >= 0.6 is 0 Å². The average molecular weight is 498 g/mol. The van der Waals surface area contributed by atoms with Crippen molar-refractivity contribution < 1.29 is 13.2 Å². The molecular formula is C24H31N7O3S. The number of piperidine rings is 1. The van der Waals surface area contributed by atoms with Gasteiger partial charge < -0.3 is 15.5 Å². The van der Waals surface area contributed by atoms with Crippen molar-refractivity contribution in [1.82, 2.24) is 19.5 Å². The maximum atomic E-state index is 13.8. The fourth-order valence-electron chi connectivity index (χ4n) is 4.95. The molecule has 2 aliphatic heterocycles. The summed E-state index contributed by atoms with van der Waals surface area (Å²) in [7, 11) is -3.53. The number of benzene rings is 1. The normalized spacial score (nSPS) is 19.1. The van der Waals surface area contributed by atoms with Crippen LogP contribution in [-0.2, 0) is 10.0 Å². The highest BCUT2D eigenvalue weighted by atomic mass is 32.2. The fraction of sp³-hybridized carbons (Fsp3) is 0.458. The fourth-order valence-corrected chi connectivity index (χ4v) is 5.53. The number of nitrogens with one attached hydrogen (secondary N) is 1. The number of carbonyl (C=O) groups is 1. The van der Waals surface area contributed by atoms with Crippen LogP contribution in [0.5, 0.6) is 0 Å². The highest BCUT2D eigenvalue weighted by molar-refractivity contribution is 7.92. The first kappa shape index (κ1) is 23.6. The van der Waals surface area contributed by atoms with Crippen LogP contribution in [0.2, 0.25) is 0 Å². The number of aromatic nitrogens is 3. The standard InChI is InChI=1S/C24H31N7O3S/c1-15-7-8-19(28-35(3,33)34)18(10-15)24(32)30-9-5-4-6-21(30)20-11-22-26-23(29-13-17(25)14-29)16(2)12-31(22)27-20/h7-8,10-12,17,21,28H,4-6,9,13-14,25H2,1-3H3/t21-/m0/s1. The van der Waals surface area contributed by atoms with Crippen LogP contribution in [0.4, 0.5) is 11.5 Å². The Kier molecular flexibility index (Phi) is 5.92. The first-order chi connectivity index (χ1) is 16.6. The zero-order valence-electron chi connectivity index (χ0n) is 20.2. The number of nitrogens with zero attached hydrogens (tertiary/aromatic N) is 5. The molecule has 2 aliphatic rings. The van der Waals surface area contributed by atoms with E-state index in [0.717, 1.165) is 66.9 Å².